The van der Waals surface area contributed by atoms with E-state index in [1.54, 1.807) is 11.3 Å². The van der Waals surface area contributed by atoms with Gasteiger partial charge in [-0.25, -0.2) is 19.9 Å². The number of hydrogen-bond donors (Lipinski definition) is 0. The lowest BCUT2D eigenvalue weighted by Crippen LogP contribution is -2.00. The third-order valence-corrected chi connectivity index (χ3v) is 13.2. The van der Waals surface area contributed by atoms with E-state index >= 15 is 0 Å². The molecule has 0 atom stereocenters. The molecule has 0 aliphatic heterocycles. The molecule has 248 valence electrons. The van der Waals surface area contributed by atoms with Gasteiger partial charge in [-0.3, -0.25) is 0 Å². The number of benzene rings is 7. The minimum Gasteiger partial charge on any atom is -0.236 e. The summed E-state index contributed by atoms with van der Waals surface area (Å²) in [6.07, 6.45) is 0. The van der Waals surface area contributed by atoms with Gasteiger partial charge in [0.1, 0.15) is 5.01 Å². The summed E-state index contributed by atoms with van der Waals surface area (Å²) in [4.78, 5) is 20.4. The zero-order chi connectivity index (χ0) is 34.9. The van der Waals surface area contributed by atoms with Gasteiger partial charge in [0.15, 0.2) is 17.5 Å². The molecule has 0 aliphatic rings. The molecule has 0 amide bonds. The van der Waals surface area contributed by atoms with Crippen LogP contribution < -0.4 is 0 Å². The number of aromatic nitrogens is 4. The molecule has 11 rings (SSSR count). The molecule has 0 N–H and O–H groups in total. The Morgan fingerprint density at radius 3 is 1.91 bits per heavy atom. The van der Waals surface area contributed by atoms with Crippen LogP contribution in [0.15, 0.2) is 158 Å². The molecule has 0 saturated carbocycles. The largest absolute Gasteiger partial charge is 0.236 e. The predicted molar refractivity (Wildman–Crippen MR) is 226 cm³/mol. The van der Waals surface area contributed by atoms with Crippen molar-refractivity contribution in [3.8, 4) is 55.9 Å². The summed E-state index contributed by atoms with van der Waals surface area (Å²) in [6.45, 7) is 0. The summed E-state index contributed by atoms with van der Waals surface area (Å²) in [7, 11) is 0. The van der Waals surface area contributed by atoms with Gasteiger partial charge in [0.05, 0.1) is 10.2 Å². The second-order valence-electron chi connectivity index (χ2n) is 13.0. The SMILES string of the molecule is c1ccc(-c2nc(-c3ccc4sc5ccccc5c4c3)nc(-c3cccc4sc5c(-c6cccc(-c7nc8ccccc8s7)c6)cccc5c34)n2)cc1. The van der Waals surface area contributed by atoms with E-state index in [1.807, 2.05) is 46.9 Å². The molecule has 0 spiro atoms. The van der Waals surface area contributed by atoms with E-state index in [0.717, 1.165) is 38.2 Å². The Morgan fingerprint density at radius 1 is 0.340 bits per heavy atom. The molecule has 53 heavy (non-hydrogen) atoms. The monoisotopic (exact) mass is 730 g/mol. The van der Waals surface area contributed by atoms with Crippen molar-refractivity contribution >= 4 is 84.6 Å². The lowest BCUT2D eigenvalue weighted by atomic mass is 9.99. The number of para-hydroxylation sites is 1. The standard InChI is InChI=1S/C46H26N4S3/c1-2-11-27(12-3-1)43-48-44(29-23-24-38-35(26-29)32-15-4-6-20-37(32)51-38)50-45(49-43)34-18-10-22-40-41(34)33-17-9-16-31(42(33)52-40)28-13-8-14-30(25-28)46-47-36-19-5-7-21-39(36)53-46/h1-26H. The van der Waals surface area contributed by atoms with Gasteiger partial charge >= 0.3 is 0 Å². The minimum atomic E-state index is 0.657. The highest BCUT2D eigenvalue weighted by molar-refractivity contribution is 7.26. The van der Waals surface area contributed by atoms with Crippen LogP contribution in [0.4, 0.5) is 0 Å². The number of nitrogens with zero attached hydrogens (tertiary/aromatic N) is 4. The van der Waals surface area contributed by atoms with E-state index in [-0.39, 0.29) is 0 Å². The molecule has 7 heteroatoms. The molecule has 4 heterocycles. The maximum Gasteiger partial charge on any atom is 0.164 e. The van der Waals surface area contributed by atoms with Crippen LogP contribution in [0.25, 0.3) is 106 Å². The molecule has 0 bridgehead atoms. The number of hydrogen-bond acceptors (Lipinski definition) is 7. The highest BCUT2D eigenvalue weighted by atomic mass is 32.1. The van der Waals surface area contributed by atoms with Gasteiger partial charge in [0.2, 0.25) is 0 Å². The molecular weight excluding hydrogens is 705 g/mol. The Morgan fingerprint density at radius 2 is 1.00 bits per heavy atom. The molecule has 7 aromatic carbocycles. The normalized spacial score (nSPS) is 11.8. The van der Waals surface area contributed by atoms with Gasteiger partial charge in [0, 0.05) is 62.6 Å². The molecular formula is C46H26N4S3. The summed E-state index contributed by atoms with van der Waals surface area (Å²) in [5.41, 5.74) is 7.46. The highest BCUT2D eigenvalue weighted by Gasteiger charge is 2.19. The van der Waals surface area contributed by atoms with Crippen LogP contribution in [-0.4, -0.2) is 19.9 Å². The number of thiazole rings is 1. The second kappa shape index (κ2) is 12.2. The van der Waals surface area contributed by atoms with Crippen molar-refractivity contribution in [2.75, 3.05) is 0 Å². The van der Waals surface area contributed by atoms with Crippen LogP contribution in [0.2, 0.25) is 0 Å². The summed E-state index contributed by atoms with van der Waals surface area (Å²) in [6, 6.07) is 55.6. The quantitative estimate of drug-likeness (QED) is 0.177. The van der Waals surface area contributed by atoms with E-state index in [4.69, 9.17) is 19.9 Å². The molecule has 0 radical (unpaired) electrons. The molecule has 0 unspecified atom stereocenters. The fourth-order valence-corrected chi connectivity index (χ4v) is 10.6. The van der Waals surface area contributed by atoms with E-state index in [2.05, 4.69) is 133 Å². The average molecular weight is 731 g/mol. The van der Waals surface area contributed by atoms with Gasteiger partial charge in [-0.15, -0.1) is 34.0 Å². The van der Waals surface area contributed by atoms with Crippen molar-refractivity contribution in [1.82, 2.24) is 19.9 Å². The van der Waals surface area contributed by atoms with E-state index in [0.29, 0.717) is 17.5 Å². The van der Waals surface area contributed by atoms with Gasteiger partial charge in [-0.2, -0.15) is 0 Å². The number of rotatable bonds is 5. The fourth-order valence-electron chi connectivity index (χ4n) is 7.28. The molecule has 0 saturated heterocycles. The van der Waals surface area contributed by atoms with Crippen molar-refractivity contribution in [2.45, 2.75) is 0 Å². The van der Waals surface area contributed by atoms with Gasteiger partial charge in [-0.05, 0) is 59.7 Å². The topological polar surface area (TPSA) is 51.6 Å². The van der Waals surface area contributed by atoms with Crippen LogP contribution in [0.3, 0.4) is 0 Å². The first kappa shape index (κ1) is 30.5. The van der Waals surface area contributed by atoms with E-state index in [9.17, 15) is 0 Å². The van der Waals surface area contributed by atoms with Gasteiger partial charge in [0.25, 0.3) is 0 Å². The van der Waals surface area contributed by atoms with Crippen LogP contribution in [-0.2, 0) is 0 Å². The van der Waals surface area contributed by atoms with Gasteiger partial charge in [-0.1, -0.05) is 109 Å². The Balaban J connectivity index is 1.09. The first-order chi connectivity index (χ1) is 26.2. The van der Waals surface area contributed by atoms with Gasteiger partial charge < -0.3 is 0 Å². The molecule has 0 fully saturated rings. The maximum absolute atomic E-state index is 5.23. The Hall–Kier alpha value is -6.12. The highest BCUT2D eigenvalue weighted by Crippen LogP contribution is 2.44. The van der Waals surface area contributed by atoms with Crippen LogP contribution in [0.1, 0.15) is 0 Å². The summed E-state index contributed by atoms with van der Waals surface area (Å²) in [5, 5.41) is 5.86. The fraction of sp³-hybridized carbons (Fsp3) is 0. The molecule has 4 aromatic heterocycles. The van der Waals surface area contributed by atoms with Crippen molar-refractivity contribution in [2.24, 2.45) is 0 Å². The Kier molecular flexibility index (Phi) is 7.05. The van der Waals surface area contributed by atoms with Crippen LogP contribution in [0.5, 0.6) is 0 Å². The zero-order valence-electron chi connectivity index (χ0n) is 28.0. The molecule has 4 nitrogen and oxygen atoms in total. The number of thiophene rings is 2. The predicted octanol–water partition coefficient (Wildman–Crippen LogP) is 13.6. The second-order valence-corrected chi connectivity index (χ2v) is 16.2. The zero-order valence-corrected chi connectivity index (χ0v) is 30.5. The Labute approximate surface area is 316 Å². The first-order valence-electron chi connectivity index (χ1n) is 17.4. The summed E-state index contributed by atoms with van der Waals surface area (Å²) >= 11 is 5.37. The summed E-state index contributed by atoms with van der Waals surface area (Å²) in [5.74, 6) is 1.98. The lowest BCUT2D eigenvalue weighted by molar-refractivity contribution is 1.08. The lowest BCUT2D eigenvalue weighted by Gasteiger charge is -2.10. The van der Waals surface area contributed by atoms with Crippen molar-refractivity contribution in [3.63, 3.8) is 0 Å². The van der Waals surface area contributed by atoms with Crippen molar-refractivity contribution in [1.29, 1.82) is 0 Å². The minimum absolute atomic E-state index is 0.657. The van der Waals surface area contributed by atoms with Crippen molar-refractivity contribution in [3.05, 3.63) is 158 Å². The van der Waals surface area contributed by atoms with Crippen molar-refractivity contribution < 1.29 is 0 Å². The van der Waals surface area contributed by atoms with E-state index in [1.165, 1.54) is 50.8 Å². The third-order valence-electron chi connectivity index (χ3n) is 9.78. The first-order valence-corrected chi connectivity index (χ1v) is 19.8. The van der Waals surface area contributed by atoms with Crippen LogP contribution in [0, 0.1) is 0 Å². The maximum atomic E-state index is 5.23. The molecule has 0 aliphatic carbocycles. The smallest absolute Gasteiger partial charge is 0.164 e. The Bertz CT molecular complexity index is 3160. The third kappa shape index (κ3) is 5.16. The van der Waals surface area contributed by atoms with Crippen LogP contribution >= 0.6 is 34.0 Å². The average Bonchev–Trinajstić information content (AvgIpc) is 3.94. The number of fused-ring (bicyclic) bond motifs is 7. The molecule has 11 aromatic rings. The summed E-state index contributed by atoms with van der Waals surface area (Å²) < 4.78 is 6.16. The van der Waals surface area contributed by atoms with E-state index < -0.39 is 0 Å².